The van der Waals surface area contributed by atoms with Crippen LogP contribution >= 0.6 is 0 Å². The molecule has 0 aromatic heterocycles. The van der Waals surface area contributed by atoms with Crippen molar-refractivity contribution >= 4 is 11.7 Å². The van der Waals surface area contributed by atoms with Crippen molar-refractivity contribution in [2.75, 3.05) is 14.1 Å². The Hall–Kier alpha value is -2.03. The first kappa shape index (κ1) is 14.0. The third kappa shape index (κ3) is 3.23. The molecule has 0 unspecified atom stereocenters. The zero-order valence-corrected chi connectivity index (χ0v) is 11.4. The second kappa shape index (κ2) is 6.64. The second-order valence-electron chi connectivity index (χ2n) is 4.07. The highest BCUT2D eigenvalue weighted by Crippen LogP contribution is 2.20. The lowest BCUT2D eigenvalue weighted by molar-refractivity contribution is 0.202. The lowest BCUT2D eigenvalue weighted by Gasteiger charge is -2.25. The van der Waals surface area contributed by atoms with Crippen molar-refractivity contribution in [3.8, 4) is 0 Å². The van der Waals surface area contributed by atoms with E-state index < -0.39 is 0 Å². The Balaban J connectivity index is 3.15. The number of carbonyl (C=O) groups excluding carboxylic acids is 1. The molecule has 2 amide bonds. The average molecular weight is 244 g/mol. The number of allylic oxidation sites excluding steroid dienone is 2. The number of hydrogen-bond acceptors (Lipinski definition) is 1. The summed E-state index contributed by atoms with van der Waals surface area (Å²) in [5.41, 5.74) is 1.90. The second-order valence-corrected chi connectivity index (χ2v) is 4.07. The molecule has 0 bridgehead atoms. The molecule has 0 spiro atoms. The predicted octanol–water partition coefficient (Wildman–Crippen LogP) is 3.56. The fourth-order valence-electron chi connectivity index (χ4n) is 1.67. The molecular formula is C15H20N2O. The number of urea groups is 1. The summed E-state index contributed by atoms with van der Waals surface area (Å²) in [5.74, 6) is 0. The summed E-state index contributed by atoms with van der Waals surface area (Å²) in [7, 11) is 3.49. The first-order valence-corrected chi connectivity index (χ1v) is 5.96. The van der Waals surface area contributed by atoms with E-state index in [-0.39, 0.29) is 6.03 Å². The molecule has 1 rings (SSSR count). The normalized spacial score (nSPS) is 11.7. The molecule has 0 heterocycles. The summed E-state index contributed by atoms with van der Waals surface area (Å²) < 4.78 is 0. The minimum absolute atomic E-state index is 0.0648. The van der Waals surface area contributed by atoms with E-state index >= 15 is 0 Å². The maximum absolute atomic E-state index is 12.2. The van der Waals surface area contributed by atoms with Crippen molar-refractivity contribution < 1.29 is 4.79 Å². The van der Waals surface area contributed by atoms with Crippen molar-refractivity contribution in [2.45, 2.75) is 13.8 Å². The van der Waals surface area contributed by atoms with Gasteiger partial charge in [-0.1, -0.05) is 42.5 Å². The van der Waals surface area contributed by atoms with Gasteiger partial charge in [-0.2, -0.15) is 0 Å². The third-order valence-corrected chi connectivity index (χ3v) is 2.49. The molecule has 0 saturated carbocycles. The van der Waals surface area contributed by atoms with E-state index in [0.29, 0.717) is 0 Å². The van der Waals surface area contributed by atoms with Crippen LogP contribution in [0.5, 0.6) is 0 Å². The van der Waals surface area contributed by atoms with Crippen LogP contribution in [0, 0.1) is 0 Å². The van der Waals surface area contributed by atoms with Crippen LogP contribution in [0.25, 0.3) is 5.70 Å². The average Bonchev–Trinajstić information content (AvgIpc) is 2.39. The Morgan fingerprint density at radius 3 is 2.17 bits per heavy atom. The Morgan fingerprint density at radius 1 is 1.11 bits per heavy atom. The summed E-state index contributed by atoms with van der Waals surface area (Å²) in [6.07, 6.45) is 5.58. The Morgan fingerprint density at radius 2 is 1.72 bits per heavy atom. The van der Waals surface area contributed by atoms with Crippen molar-refractivity contribution in [3.05, 3.63) is 54.2 Å². The number of benzene rings is 1. The van der Waals surface area contributed by atoms with Crippen molar-refractivity contribution in [1.82, 2.24) is 9.80 Å². The monoisotopic (exact) mass is 244 g/mol. The van der Waals surface area contributed by atoms with Crippen LogP contribution < -0.4 is 0 Å². The van der Waals surface area contributed by atoms with Crippen LogP contribution in [0.1, 0.15) is 19.4 Å². The van der Waals surface area contributed by atoms with Crippen molar-refractivity contribution in [2.24, 2.45) is 0 Å². The molecule has 3 heteroatoms. The molecule has 0 aliphatic heterocycles. The van der Waals surface area contributed by atoms with Crippen LogP contribution in [0.3, 0.4) is 0 Å². The van der Waals surface area contributed by atoms with Gasteiger partial charge in [0, 0.05) is 20.3 Å². The standard InChI is InChI=1S/C15H20N2O/c1-5-12-17(15(18)16(3)4)14(6-2)13-10-8-7-9-11-13/h5-12H,1-4H3/b12-5+,14-6-. The Bertz CT molecular complexity index is 447. The zero-order chi connectivity index (χ0) is 13.5. The van der Waals surface area contributed by atoms with Crippen molar-refractivity contribution in [1.29, 1.82) is 0 Å². The third-order valence-electron chi connectivity index (χ3n) is 2.49. The maximum Gasteiger partial charge on any atom is 0.328 e. The van der Waals surface area contributed by atoms with E-state index in [1.807, 2.05) is 56.3 Å². The number of nitrogens with zero attached hydrogens (tertiary/aromatic N) is 2. The van der Waals surface area contributed by atoms with E-state index in [0.717, 1.165) is 11.3 Å². The molecule has 0 fully saturated rings. The SMILES string of the molecule is C/C=C(/c1ccccc1)N(/C=C/C)C(=O)N(C)C. The number of carbonyl (C=O) groups is 1. The lowest BCUT2D eigenvalue weighted by Crippen LogP contribution is -2.34. The molecule has 96 valence electrons. The van der Waals surface area contributed by atoms with Gasteiger partial charge in [0.15, 0.2) is 0 Å². The molecule has 1 aromatic carbocycles. The van der Waals surface area contributed by atoms with Gasteiger partial charge in [-0.25, -0.2) is 4.79 Å². The molecule has 1 aromatic rings. The van der Waals surface area contributed by atoms with Gasteiger partial charge in [0.2, 0.25) is 0 Å². The van der Waals surface area contributed by atoms with Gasteiger partial charge in [-0.3, -0.25) is 4.90 Å². The highest BCUT2D eigenvalue weighted by Gasteiger charge is 2.17. The highest BCUT2D eigenvalue weighted by molar-refractivity contribution is 5.86. The Labute approximate surface area is 109 Å². The Kier molecular flexibility index (Phi) is 5.18. The molecule has 0 N–H and O–H groups in total. The van der Waals surface area contributed by atoms with Gasteiger partial charge >= 0.3 is 6.03 Å². The van der Waals surface area contributed by atoms with Gasteiger partial charge in [-0.15, -0.1) is 0 Å². The van der Waals surface area contributed by atoms with Crippen LogP contribution in [0.2, 0.25) is 0 Å². The fourth-order valence-corrected chi connectivity index (χ4v) is 1.67. The summed E-state index contributed by atoms with van der Waals surface area (Å²) in [6.45, 7) is 3.83. The molecule has 18 heavy (non-hydrogen) atoms. The minimum Gasteiger partial charge on any atom is -0.330 e. The maximum atomic E-state index is 12.2. The lowest BCUT2D eigenvalue weighted by atomic mass is 10.1. The van der Waals surface area contributed by atoms with Gasteiger partial charge < -0.3 is 4.90 Å². The molecule has 0 radical (unpaired) electrons. The van der Waals surface area contributed by atoms with Crippen LogP contribution in [-0.4, -0.2) is 29.9 Å². The fraction of sp³-hybridized carbons (Fsp3) is 0.267. The first-order chi connectivity index (χ1) is 8.61. The highest BCUT2D eigenvalue weighted by atomic mass is 16.2. The summed E-state index contributed by atoms with van der Waals surface area (Å²) in [5, 5.41) is 0. The largest absolute Gasteiger partial charge is 0.330 e. The smallest absolute Gasteiger partial charge is 0.328 e. The van der Waals surface area contributed by atoms with Crippen molar-refractivity contribution in [3.63, 3.8) is 0 Å². The molecular weight excluding hydrogens is 224 g/mol. The summed E-state index contributed by atoms with van der Waals surface area (Å²) in [6, 6.07) is 9.82. The van der Waals surface area contributed by atoms with E-state index in [4.69, 9.17) is 0 Å². The first-order valence-electron chi connectivity index (χ1n) is 5.96. The van der Waals surface area contributed by atoms with Gasteiger partial charge in [-0.05, 0) is 19.4 Å². The van der Waals surface area contributed by atoms with Crippen LogP contribution in [0.15, 0.2) is 48.7 Å². The molecule has 0 aliphatic carbocycles. The van der Waals surface area contributed by atoms with E-state index in [2.05, 4.69) is 0 Å². The van der Waals surface area contributed by atoms with Crippen LogP contribution in [-0.2, 0) is 0 Å². The quantitative estimate of drug-likeness (QED) is 0.797. The van der Waals surface area contributed by atoms with E-state index in [9.17, 15) is 4.79 Å². The molecule has 0 atom stereocenters. The van der Waals surface area contributed by atoms with E-state index in [1.54, 1.807) is 30.1 Å². The number of amides is 2. The predicted molar refractivity (Wildman–Crippen MR) is 75.8 cm³/mol. The van der Waals surface area contributed by atoms with Gasteiger partial charge in [0.25, 0.3) is 0 Å². The molecule has 0 aliphatic rings. The van der Waals surface area contributed by atoms with Crippen LogP contribution in [0.4, 0.5) is 4.79 Å². The minimum atomic E-state index is -0.0648. The molecule has 3 nitrogen and oxygen atoms in total. The number of hydrogen-bond donors (Lipinski definition) is 0. The van der Waals surface area contributed by atoms with E-state index in [1.165, 1.54) is 0 Å². The number of rotatable bonds is 3. The zero-order valence-electron chi connectivity index (χ0n) is 11.4. The van der Waals surface area contributed by atoms with Gasteiger partial charge in [0.05, 0.1) is 5.70 Å². The summed E-state index contributed by atoms with van der Waals surface area (Å²) in [4.78, 5) is 15.4. The topological polar surface area (TPSA) is 23.6 Å². The van der Waals surface area contributed by atoms with Gasteiger partial charge in [0.1, 0.15) is 0 Å². The summed E-state index contributed by atoms with van der Waals surface area (Å²) >= 11 is 0. The molecule has 0 saturated heterocycles.